The third-order valence-electron chi connectivity index (χ3n) is 11.7. The molecule has 0 radical (unpaired) electrons. The van der Waals surface area contributed by atoms with Crippen LogP contribution in [0.2, 0.25) is 0 Å². The number of aldehydes is 1. The third kappa shape index (κ3) is 3.79. The van der Waals surface area contributed by atoms with Gasteiger partial charge in [0.25, 0.3) is 0 Å². The molecule has 0 spiro atoms. The number of rotatable bonds is 4. The molecule has 38 heavy (non-hydrogen) atoms. The van der Waals surface area contributed by atoms with E-state index >= 15 is 0 Å². The van der Waals surface area contributed by atoms with Gasteiger partial charge >= 0.3 is 5.97 Å². The zero-order valence-corrected chi connectivity index (χ0v) is 22.3. The van der Waals surface area contributed by atoms with Gasteiger partial charge in [0.05, 0.1) is 30.0 Å². The Morgan fingerprint density at radius 3 is 2.55 bits per heavy atom. The van der Waals surface area contributed by atoms with Crippen LogP contribution >= 0.6 is 0 Å². The Morgan fingerprint density at radius 2 is 1.87 bits per heavy atom. The van der Waals surface area contributed by atoms with Gasteiger partial charge in [-0.25, -0.2) is 4.79 Å². The molecule has 5 fully saturated rings. The van der Waals surface area contributed by atoms with E-state index < -0.39 is 47.1 Å². The van der Waals surface area contributed by atoms with Crippen LogP contribution in [0.15, 0.2) is 11.6 Å². The number of cyclic esters (lactones) is 1. The highest BCUT2D eigenvalue weighted by atomic mass is 16.7. The monoisotopic (exact) mass is 534 g/mol. The van der Waals surface area contributed by atoms with E-state index in [2.05, 4.69) is 6.92 Å². The zero-order chi connectivity index (χ0) is 27.0. The van der Waals surface area contributed by atoms with Crippen LogP contribution in [-0.2, 0) is 23.8 Å². The molecule has 2 heterocycles. The number of ether oxygens (including phenoxy) is 3. The average molecular weight is 535 g/mol. The number of fused-ring (bicyclic) bond motifs is 5. The van der Waals surface area contributed by atoms with Gasteiger partial charge < -0.3 is 39.4 Å². The van der Waals surface area contributed by atoms with Gasteiger partial charge in [-0.2, -0.15) is 0 Å². The zero-order valence-electron chi connectivity index (χ0n) is 22.3. The predicted molar refractivity (Wildman–Crippen MR) is 133 cm³/mol. The lowest BCUT2D eigenvalue weighted by atomic mass is 9.42. The number of carbonyl (C=O) groups excluding carboxylic acids is 2. The summed E-state index contributed by atoms with van der Waals surface area (Å²) in [5, 5.41) is 44.2. The standard InChI is InChI=1S/C29H42O9/c1-15-26(34)21(31)11-24(37-15)38-18-5-7-28(14-30)17(10-18)3-4-20-25(28)22(32)12-27(2)19(6-8-29(20,27)35)16-9-23(33)36-13-16/h9,14-15,17-22,24-26,31-32,34-35H,3-8,10-13H2,1-2H3. The van der Waals surface area contributed by atoms with Crippen LogP contribution in [-0.4, -0.2) is 81.7 Å². The van der Waals surface area contributed by atoms with Crippen LogP contribution < -0.4 is 0 Å². The summed E-state index contributed by atoms with van der Waals surface area (Å²) in [5.41, 5.74) is -1.43. The van der Waals surface area contributed by atoms with Crippen molar-refractivity contribution in [2.45, 2.75) is 114 Å². The van der Waals surface area contributed by atoms with Crippen LogP contribution in [0.1, 0.15) is 71.6 Å². The molecule has 212 valence electrons. The van der Waals surface area contributed by atoms with E-state index in [1.807, 2.05) is 0 Å². The van der Waals surface area contributed by atoms with Crippen molar-refractivity contribution in [2.24, 2.45) is 34.5 Å². The number of hydrogen-bond donors (Lipinski definition) is 4. The van der Waals surface area contributed by atoms with Gasteiger partial charge in [-0.1, -0.05) is 6.92 Å². The first-order chi connectivity index (χ1) is 18.0. The molecule has 2 aliphatic heterocycles. The molecule has 1 saturated heterocycles. The second kappa shape index (κ2) is 9.35. The Hall–Kier alpha value is -1.36. The molecule has 13 unspecified atom stereocenters. The normalized spacial score (nSPS) is 54.4. The topological polar surface area (TPSA) is 143 Å². The summed E-state index contributed by atoms with van der Waals surface area (Å²) >= 11 is 0. The lowest BCUT2D eigenvalue weighted by molar-refractivity contribution is -0.273. The number of aliphatic hydroxyl groups excluding tert-OH is 3. The van der Waals surface area contributed by atoms with Crippen LogP contribution in [0.3, 0.4) is 0 Å². The van der Waals surface area contributed by atoms with Crippen LogP contribution in [0, 0.1) is 34.5 Å². The Balaban J connectivity index is 1.22. The van der Waals surface area contributed by atoms with Crippen LogP contribution in [0.4, 0.5) is 0 Å². The van der Waals surface area contributed by atoms with Crippen molar-refractivity contribution in [1.29, 1.82) is 0 Å². The first-order valence-corrected chi connectivity index (χ1v) is 14.4. The molecular weight excluding hydrogens is 492 g/mol. The van der Waals surface area contributed by atoms with E-state index in [-0.39, 0.29) is 48.8 Å². The van der Waals surface area contributed by atoms with Gasteiger partial charge in [-0.05, 0) is 81.6 Å². The van der Waals surface area contributed by atoms with Gasteiger partial charge in [-0.3, -0.25) is 0 Å². The van der Waals surface area contributed by atoms with E-state index in [0.29, 0.717) is 32.1 Å². The quantitative estimate of drug-likeness (QED) is 0.240. The minimum absolute atomic E-state index is 0.0277. The average Bonchev–Trinajstić information content (AvgIpc) is 3.42. The molecule has 13 atom stereocenters. The van der Waals surface area contributed by atoms with Crippen molar-refractivity contribution in [3.63, 3.8) is 0 Å². The van der Waals surface area contributed by atoms with Gasteiger partial charge in [0.15, 0.2) is 6.29 Å². The van der Waals surface area contributed by atoms with Crippen molar-refractivity contribution in [2.75, 3.05) is 6.61 Å². The van der Waals surface area contributed by atoms with E-state index in [1.54, 1.807) is 13.0 Å². The molecule has 0 bridgehead atoms. The molecule has 4 aliphatic carbocycles. The van der Waals surface area contributed by atoms with E-state index in [4.69, 9.17) is 14.2 Å². The summed E-state index contributed by atoms with van der Waals surface area (Å²) in [6.07, 6.45) is 4.06. The maximum absolute atomic E-state index is 12.9. The van der Waals surface area contributed by atoms with Crippen molar-refractivity contribution in [3.8, 4) is 0 Å². The van der Waals surface area contributed by atoms with Crippen molar-refractivity contribution >= 4 is 12.3 Å². The summed E-state index contributed by atoms with van der Waals surface area (Å²) in [6, 6.07) is 0. The second-order valence-corrected chi connectivity index (χ2v) is 13.3. The van der Waals surface area contributed by atoms with E-state index in [9.17, 15) is 30.0 Å². The lowest BCUT2D eigenvalue weighted by Crippen LogP contribution is -2.67. The summed E-state index contributed by atoms with van der Waals surface area (Å²) in [7, 11) is 0. The minimum Gasteiger partial charge on any atom is -0.458 e. The summed E-state index contributed by atoms with van der Waals surface area (Å²) in [5.74, 6) is -0.866. The predicted octanol–water partition coefficient (Wildman–Crippen LogP) is 1.64. The summed E-state index contributed by atoms with van der Waals surface area (Å²) in [4.78, 5) is 24.7. The van der Waals surface area contributed by atoms with Gasteiger partial charge in [0.1, 0.15) is 19.0 Å². The van der Waals surface area contributed by atoms with E-state index in [1.165, 1.54) is 0 Å². The van der Waals surface area contributed by atoms with Gasteiger partial charge in [0.2, 0.25) is 0 Å². The minimum atomic E-state index is -1.02. The Morgan fingerprint density at radius 1 is 1.08 bits per heavy atom. The molecule has 4 saturated carbocycles. The van der Waals surface area contributed by atoms with Gasteiger partial charge in [-0.15, -0.1) is 0 Å². The van der Waals surface area contributed by atoms with Crippen LogP contribution in [0.25, 0.3) is 0 Å². The summed E-state index contributed by atoms with van der Waals surface area (Å²) in [6.45, 7) is 4.02. The Bertz CT molecular complexity index is 987. The molecular formula is C29H42O9. The number of aliphatic hydroxyl groups is 4. The molecule has 0 aromatic rings. The Labute approximate surface area is 223 Å². The third-order valence-corrected chi connectivity index (χ3v) is 11.7. The van der Waals surface area contributed by atoms with Crippen LogP contribution in [0.5, 0.6) is 0 Å². The smallest absolute Gasteiger partial charge is 0.331 e. The molecule has 6 rings (SSSR count). The SMILES string of the molecule is CC1OC(OC2CCC3(C=O)C(CCC4C3C(O)CC3(C)C(C5=CC(=O)OC5)CCC43O)C2)CC(O)C1O. The fourth-order valence-corrected chi connectivity index (χ4v) is 9.82. The molecule has 4 N–H and O–H groups in total. The molecule has 0 aromatic carbocycles. The number of hydrogen-bond acceptors (Lipinski definition) is 9. The molecule has 9 nitrogen and oxygen atoms in total. The fourth-order valence-electron chi connectivity index (χ4n) is 9.82. The highest BCUT2D eigenvalue weighted by Gasteiger charge is 2.71. The lowest BCUT2D eigenvalue weighted by Gasteiger charge is -2.64. The van der Waals surface area contributed by atoms with Crippen molar-refractivity contribution < 1.29 is 44.2 Å². The molecule has 0 aromatic heterocycles. The van der Waals surface area contributed by atoms with Crippen molar-refractivity contribution in [3.05, 3.63) is 11.6 Å². The largest absolute Gasteiger partial charge is 0.458 e. The number of esters is 1. The maximum Gasteiger partial charge on any atom is 0.331 e. The highest BCUT2D eigenvalue weighted by Crippen LogP contribution is 2.69. The first kappa shape index (κ1) is 26.8. The van der Waals surface area contributed by atoms with Crippen molar-refractivity contribution in [1.82, 2.24) is 0 Å². The molecule has 9 heteroatoms. The Kier molecular flexibility index (Phi) is 6.60. The highest BCUT2D eigenvalue weighted by molar-refractivity contribution is 5.85. The summed E-state index contributed by atoms with van der Waals surface area (Å²) < 4.78 is 17.2. The number of carbonyl (C=O) groups is 2. The fraction of sp³-hybridized carbons (Fsp3) is 0.862. The molecule has 0 amide bonds. The van der Waals surface area contributed by atoms with Gasteiger partial charge in [0, 0.05) is 29.2 Å². The molecule has 6 aliphatic rings. The van der Waals surface area contributed by atoms with E-state index in [0.717, 1.165) is 31.1 Å². The first-order valence-electron chi connectivity index (χ1n) is 14.4. The maximum atomic E-state index is 12.9. The second-order valence-electron chi connectivity index (χ2n) is 13.3.